The molecule has 0 bridgehead atoms. The van der Waals surface area contributed by atoms with E-state index in [1.54, 1.807) is 49.0 Å². The smallest absolute Gasteiger partial charge is 0.306 e. The van der Waals surface area contributed by atoms with Gasteiger partial charge in [-0.05, 0) is 6.92 Å². The number of hydrogen-bond acceptors (Lipinski definition) is 8. The van der Waals surface area contributed by atoms with Crippen molar-refractivity contribution in [1.29, 1.82) is 0 Å². The molecule has 2 heterocycles. The molecular formula is C24H22N2O7. The first-order valence-corrected chi connectivity index (χ1v) is 10.1. The van der Waals surface area contributed by atoms with Crippen LogP contribution in [0.15, 0.2) is 51.8 Å². The van der Waals surface area contributed by atoms with E-state index < -0.39 is 34.6 Å². The van der Waals surface area contributed by atoms with Crippen LogP contribution in [0.3, 0.4) is 0 Å². The number of ether oxygens (including phenoxy) is 1. The number of benzene rings is 2. The van der Waals surface area contributed by atoms with E-state index in [0.29, 0.717) is 16.8 Å². The number of esters is 1. The summed E-state index contributed by atoms with van der Waals surface area (Å²) in [6.07, 6.45) is 1.28. The van der Waals surface area contributed by atoms with E-state index in [0.717, 1.165) is 0 Å². The number of aromatic nitrogens is 2. The summed E-state index contributed by atoms with van der Waals surface area (Å²) in [6, 6.07) is 10.0. The molecule has 1 atom stereocenters. The van der Waals surface area contributed by atoms with E-state index in [4.69, 9.17) is 9.15 Å². The standard InChI is InChI=1S/C24H22N2O7/c1-12-15(11-25-26(12)2)14(9-18(28)32-3)19-21(29)23(31)22(30)20-16(27)10-17(33-24(19)20)13-7-5-4-6-8-13/h4-8,10-11,14,29-31H,9H2,1-3H3. The Morgan fingerprint density at radius 2 is 1.85 bits per heavy atom. The van der Waals surface area contributed by atoms with Gasteiger partial charge >= 0.3 is 5.97 Å². The number of methoxy groups -OCH3 is 1. The Bertz CT molecular complexity index is 1420. The quantitative estimate of drug-likeness (QED) is 0.311. The molecule has 0 saturated carbocycles. The van der Waals surface area contributed by atoms with Crippen LogP contribution in [0.5, 0.6) is 17.2 Å². The topological polar surface area (TPSA) is 135 Å². The molecular weight excluding hydrogens is 428 g/mol. The molecule has 9 heteroatoms. The summed E-state index contributed by atoms with van der Waals surface area (Å²) in [7, 11) is 2.95. The Kier molecular flexibility index (Phi) is 5.55. The summed E-state index contributed by atoms with van der Waals surface area (Å²) in [5, 5.41) is 35.7. The zero-order chi connectivity index (χ0) is 23.9. The fraction of sp³-hybridized carbons (Fsp3) is 0.208. The first-order chi connectivity index (χ1) is 15.7. The van der Waals surface area contributed by atoms with Crippen molar-refractivity contribution < 1.29 is 29.3 Å². The minimum Gasteiger partial charge on any atom is -0.504 e. The molecule has 0 aliphatic heterocycles. The maximum absolute atomic E-state index is 13.0. The SMILES string of the molecule is COC(=O)CC(c1cnn(C)c1C)c1c(O)c(O)c(O)c2c(=O)cc(-c3ccccc3)oc12. The molecule has 2 aromatic carbocycles. The Labute approximate surface area is 188 Å². The van der Waals surface area contributed by atoms with Crippen molar-refractivity contribution in [2.24, 2.45) is 7.05 Å². The molecule has 33 heavy (non-hydrogen) atoms. The first kappa shape index (κ1) is 21.9. The lowest BCUT2D eigenvalue weighted by molar-refractivity contribution is -0.140. The van der Waals surface area contributed by atoms with Crippen molar-refractivity contribution in [3.63, 3.8) is 0 Å². The number of rotatable bonds is 5. The number of hydrogen-bond donors (Lipinski definition) is 3. The molecule has 0 saturated heterocycles. The zero-order valence-electron chi connectivity index (χ0n) is 18.2. The fourth-order valence-corrected chi connectivity index (χ4v) is 3.92. The first-order valence-electron chi connectivity index (χ1n) is 10.1. The van der Waals surface area contributed by atoms with Crippen LogP contribution in [0, 0.1) is 6.92 Å². The largest absolute Gasteiger partial charge is 0.504 e. The lowest BCUT2D eigenvalue weighted by Crippen LogP contribution is -2.13. The van der Waals surface area contributed by atoms with Gasteiger partial charge in [-0.3, -0.25) is 14.3 Å². The molecule has 4 rings (SSSR count). The van der Waals surface area contributed by atoms with Gasteiger partial charge in [-0.25, -0.2) is 0 Å². The average Bonchev–Trinajstić information content (AvgIpc) is 3.14. The van der Waals surface area contributed by atoms with Crippen LogP contribution in [0.1, 0.15) is 29.2 Å². The van der Waals surface area contributed by atoms with Gasteiger partial charge in [0.1, 0.15) is 16.7 Å². The molecule has 0 spiro atoms. The van der Waals surface area contributed by atoms with E-state index >= 15 is 0 Å². The minimum atomic E-state index is -0.894. The highest BCUT2D eigenvalue weighted by atomic mass is 16.5. The van der Waals surface area contributed by atoms with E-state index in [9.17, 15) is 24.9 Å². The third-order valence-corrected chi connectivity index (χ3v) is 5.79. The van der Waals surface area contributed by atoms with Crippen molar-refractivity contribution in [1.82, 2.24) is 9.78 Å². The van der Waals surface area contributed by atoms with Gasteiger partial charge in [0.25, 0.3) is 0 Å². The van der Waals surface area contributed by atoms with E-state index in [1.807, 2.05) is 0 Å². The number of nitrogens with zero attached hydrogens (tertiary/aromatic N) is 2. The Hall–Kier alpha value is -4.27. The highest BCUT2D eigenvalue weighted by molar-refractivity contribution is 5.93. The van der Waals surface area contributed by atoms with Crippen molar-refractivity contribution in [2.45, 2.75) is 19.3 Å². The number of phenols is 3. The van der Waals surface area contributed by atoms with Crippen LogP contribution in [0.2, 0.25) is 0 Å². The van der Waals surface area contributed by atoms with Crippen LogP contribution < -0.4 is 5.43 Å². The lowest BCUT2D eigenvalue weighted by Gasteiger charge is -2.20. The molecule has 0 radical (unpaired) electrons. The fourth-order valence-electron chi connectivity index (χ4n) is 3.92. The van der Waals surface area contributed by atoms with E-state index in [1.165, 1.54) is 19.4 Å². The molecule has 4 aromatic rings. The number of fused-ring (bicyclic) bond motifs is 1. The van der Waals surface area contributed by atoms with Crippen LogP contribution in [0.4, 0.5) is 0 Å². The summed E-state index contributed by atoms with van der Waals surface area (Å²) in [6.45, 7) is 1.78. The predicted octanol–water partition coefficient (Wildman–Crippen LogP) is 3.31. The van der Waals surface area contributed by atoms with Gasteiger partial charge in [-0.2, -0.15) is 5.10 Å². The molecule has 1 unspecified atom stereocenters. The average molecular weight is 450 g/mol. The van der Waals surface area contributed by atoms with Crippen LogP contribution in [0.25, 0.3) is 22.3 Å². The summed E-state index contributed by atoms with van der Waals surface area (Å²) in [4.78, 5) is 25.3. The molecule has 0 amide bonds. The molecule has 0 fully saturated rings. The van der Waals surface area contributed by atoms with Crippen molar-refractivity contribution in [2.75, 3.05) is 7.11 Å². The van der Waals surface area contributed by atoms with Crippen LogP contribution >= 0.6 is 0 Å². The number of carbonyl (C=O) groups is 1. The Morgan fingerprint density at radius 3 is 2.45 bits per heavy atom. The Morgan fingerprint density at radius 1 is 1.15 bits per heavy atom. The van der Waals surface area contributed by atoms with Gasteiger partial charge in [0.05, 0.1) is 19.7 Å². The van der Waals surface area contributed by atoms with Crippen molar-refractivity contribution in [3.8, 4) is 28.6 Å². The summed E-state index contributed by atoms with van der Waals surface area (Å²) in [5.74, 6) is -3.68. The molecule has 3 N–H and O–H groups in total. The third kappa shape index (κ3) is 3.67. The maximum atomic E-state index is 13.0. The normalized spacial score (nSPS) is 12.1. The van der Waals surface area contributed by atoms with Gasteiger partial charge in [0.15, 0.2) is 16.9 Å². The van der Waals surface area contributed by atoms with E-state index in [2.05, 4.69) is 5.10 Å². The van der Waals surface area contributed by atoms with Crippen LogP contribution in [-0.2, 0) is 16.6 Å². The molecule has 170 valence electrons. The van der Waals surface area contributed by atoms with Gasteiger partial charge in [-0.15, -0.1) is 0 Å². The van der Waals surface area contributed by atoms with Crippen molar-refractivity contribution in [3.05, 3.63) is 69.6 Å². The molecule has 0 aliphatic carbocycles. The van der Waals surface area contributed by atoms with Gasteiger partial charge in [0.2, 0.25) is 5.75 Å². The molecule has 2 aromatic heterocycles. The highest BCUT2D eigenvalue weighted by Gasteiger charge is 2.32. The summed E-state index contributed by atoms with van der Waals surface area (Å²) >= 11 is 0. The maximum Gasteiger partial charge on any atom is 0.306 e. The molecule has 9 nitrogen and oxygen atoms in total. The minimum absolute atomic E-state index is 0.0309. The zero-order valence-corrected chi connectivity index (χ0v) is 18.2. The second kappa shape index (κ2) is 8.34. The summed E-state index contributed by atoms with van der Waals surface area (Å²) < 4.78 is 12.5. The van der Waals surface area contributed by atoms with Crippen LogP contribution in [-0.4, -0.2) is 38.2 Å². The Balaban J connectivity index is 2.11. The molecule has 0 aliphatic rings. The number of aryl methyl sites for hydroxylation is 1. The van der Waals surface area contributed by atoms with Gasteiger partial charge < -0.3 is 24.5 Å². The predicted molar refractivity (Wildman–Crippen MR) is 119 cm³/mol. The third-order valence-electron chi connectivity index (χ3n) is 5.79. The lowest BCUT2D eigenvalue weighted by atomic mass is 9.86. The summed E-state index contributed by atoms with van der Waals surface area (Å²) in [5.41, 5.74) is 1.03. The number of phenolic OH excluding ortho intramolecular Hbond substituents is 3. The second-order valence-electron chi connectivity index (χ2n) is 7.65. The highest BCUT2D eigenvalue weighted by Crippen LogP contribution is 2.49. The van der Waals surface area contributed by atoms with Gasteiger partial charge in [0, 0.05) is 41.4 Å². The van der Waals surface area contributed by atoms with E-state index in [-0.39, 0.29) is 28.7 Å². The number of aromatic hydroxyl groups is 3. The second-order valence-corrected chi connectivity index (χ2v) is 7.65. The number of carbonyl (C=O) groups excluding carboxylic acids is 1. The van der Waals surface area contributed by atoms with Gasteiger partial charge in [-0.1, -0.05) is 30.3 Å². The monoisotopic (exact) mass is 450 g/mol. The van der Waals surface area contributed by atoms with Crippen molar-refractivity contribution >= 4 is 16.9 Å².